The molecule has 1 aliphatic heterocycles. The first-order chi connectivity index (χ1) is 15.9. The van der Waals surface area contributed by atoms with Gasteiger partial charge in [-0.15, -0.1) is 0 Å². The highest BCUT2D eigenvalue weighted by Gasteiger charge is 2.39. The monoisotopic (exact) mass is 447 g/mol. The number of hydrogen-bond donors (Lipinski definition) is 2. The summed E-state index contributed by atoms with van der Waals surface area (Å²) in [4.78, 5) is 16.2. The molecule has 2 unspecified atom stereocenters. The van der Waals surface area contributed by atoms with Crippen molar-refractivity contribution in [2.75, 3.05) is 0 Å². The second-order valence-electron chi connectivity index (χ2n) is 9.14. The third kappa shape index (κ3) is 4.30. The summed E-state index contributed by atoms with van der Waals surface area (Å²) in [7, 11) is 0. The van der Waals surface area contributed by atoms with Crippen molar-refractivity contribution in [3.8, 4) is 22.6 Å². The molecule has 0 bridgehead atoms. The van der Waals surface area contributed by atoms with Crippen molar-refractivity contribution >= 4 is 5.97 Å². The summed E-state index contributed by atoms with van der Waals surface area (Å²) in [5, 5.41) is 19.3. The van der Waals surface area contributed by atoms with E-state index in [1.54, 1.807) is 19.2 Å². The molecule has 3 atom stereocenters. The number of fused-ring (bicyclic) bond motifs is 1. The molecule has 3 aromatic rings. The summed E-state index contributed by atoms with van der Waals surface area (Å²) >= 11 is 0. The zero-order valence-electron chi connectivity index (χ0n) is 18.4. The predicted octanol–water partition coefficient (Wildman–Crippen LogP) is 5.87. The van der Waals surface area contributed by atoms with E-state index in [-0.39, 0.29) is 17.8 Å². The molecule has 6 heteroatoms. The number of benzene rings is 2. The first-order valence-corrected chi connectivity index (χ1v) is 11.4. The normalized spacial score (nSPS) is 19.3. The van der Waals surface area contributed by atoms with Crippen LogP contribution in [0.25, 0.3) is 11.1 Å². The van der Waals surface area contributed by atoms with Gasteiger partial charge in [0.25, 0.3) is 0 Å². The van der Waals surface area contributed by atoms with Gasteiger partial charge < -0.3 is 14.9 Å². The third-order valence-electron chi connectivity index (χ3n) is 6.86. The van der Waals surface area contributed by atoms with Gasteiger partial charge in [0, 0.05) is 17.3 Å². The summed E-state index contributed by atoms with van der Waals surface area (Å²) in [6, 6.07) is 13.7. The van der Waals surface area contributed by atoms with Gasteiger partial charge in [0.2, 0.25) is 0 Å². The lowest BCUT2D eigenvalue weighted by molar-refractivity contribution is -0.142. The lowest BCUT2D eigenvalue weighted by Gasteiger charge is -2.28. The van der Waals surface area contributed by atoms with E-state index < -0.39 is 17.7 Å². The maximum absolute atomic E-state index is 14.1. The topological polar surface area (TPSA) is 79.7 Å². The van der Waals surface area contributed by atoms with Crippen molar-refractivity contribution in [1.29, 1.82) is 0 Å². The van der Waals surface area contributed by atoms with E-state index in [9.17, 15) is 19.4 Å². The van der Waals surface area contributed by atoms with Crippen LogP contribution in [0.5, 0.6) is 11.5 Å². The van der Waals surface area contributed by atoms with Crippen LogP contribution in [0, 0.1) is 17.7 Å². The average molecular weight is 448 g/mol. The van der Waals surface area contributed by atoms with Gasteiger partial charge in [0.05, 0.1) is 11.6 Å². The minimum Gasteiger partial charge on any atom is -0.508 e. The van der Waals surface area contributed by atoms with Gasteiger partial charge in [-0.25, -0.2) is 4.39 Å². The van der Waals surface area contributed by atoms with Gasteiger partial charge in [-0.2, -0.15) is 0 Å². The van der Waals surface area contributed by atoms with E-state index in [4.69, 9.17) is 4.74 Å². The molecule has 1 fully saturated rings. The Balaban J connectivity index is 1.38. The van der Waals surface area contributed by atoms with Crippen LogP contribution in [0.2, 0.25) is 0 Å². The molecule has 1 saturated carbocycles. The standard InChI is InChI=1S/C27H26FNO4/c1-15(27(31)32)26(17-3-4-17)18-5-2-16-7-11-24(33-25(16)12-18)23-10-6-19(14-29-23)21-13-20(30)8-9-22(21)28/h2,5-6,8-10,12-15,17,24,26,30H,3-4,7,11H2,1H3,(H,31,32)/t15-,24?,26?/m0/s1. The molecule has 5 rings (SSSR count). The van der Waals surface area contributed by atoms with E-state index in [1.807, 2.05) is 12.1 Å². The second-order valence-corrected chi connectivity index (χ2v) is 9.14. The number of rotatable bonds is 6. The number of aryl methyl sites for hydroxylation is 1. The van der Waals surface area contributed by atoms with Gasteiger partial charge in [0.1, 0.15) is 23.4 Å². The SMILES string of the molecule is C[C@H](C(=O)O)C(c1ccc2c(c1)OC(c1ccc(-c3cc(O)ccc3F)cn1)CC2)C1CC1. The number of aliphatic carboxylic acids is 1. The van der Waals surface area contributed by atoms with Crippen LogP contribution >= 0.6 is 0 Å². The summed E-state index contributed by atoms with van der Waals surface area (Å²) in [6.07, 6.45) is 5.12. The number of carbonyl (C=O) groups is 1. The van der Waals surface area contributed by atoms with Crippen LogP contribution in [0.1, 0.15) is 55.0 Å². The largest absolute Gasteiger partial charge is 0.508 e. The molecule has 0 amide bonds. The summed E-state index contributed by atoms with van der Waals surface area (Å²) < 4.78 is 20.5. The summed E-state index contributed by atoms with van der Waals surface area (Å²) in [5.74, 6) is -0.430. The van der Waals surface area contributed by atoms with Crippen molar-refractivity contribution in [2.24, 2.45) is 11.8 Å². The molecular weight excluding hydrogens is 421 g/mol. The molecule has 1 aromatic heterocycles. The van der Waals surface area contributed by atoms with Gasteiger partial charge in [-0.1, -0.05) is 25.1 Å². The molecule has 0 spiro atoms. The Morgan fingerprint density at radius 2 is 1.94 bits per heavy atom. The lowest BCUT2D eigenvalue weighted by Crippen LogP contribution is -2.21. The smallest absolute Gasteiger partial charge is 0.306 e. The van der Waals surface area contributed by atoms with Crippen molar-refractivity contribution in [2.45, 2.75) is 44.6 Å². The first-order valence-electron chi connectivity index (χ1n) is 11.4. The summed E-state index contributed by atoms with van der Waals surface area (Å²) in [5.41, 5.74) is 3.78. The predicted molar refractivity (Wildman–Crippen MR) is 122 cm³/mol. The van der Waals surface area contributed by atoms with Crippen LogP contribution in [0.3, 0.4) is 0 Å². The third-order valence-corrected chi connectivity index (χ3v) is 6.86. The number of aromatic nitrogens is 1. The molecule has 170 valence electrons. The number of pyridine rings is 1. The number of aromatic hydroxyl groups is 1. The number of phenolic OH excluding ortho intramolecular Hbond substituents is 1. The minimum atomic E-state index is -0.768. The molecule has 2 aliphatic rings. The van der Waals surface area contributed by atoms with E-state index in [1.165, 1.54) is 18.2 Å². The Morgan fingerprint density at radius 1 is 1.12 bits per heavy atom. The average Bonchev–Trinajstić information content (AvgIpc) is 3.65. The number of phenols is 1. The number of halogens is 1. The lowest BCUT2D eigenvalue weighted by atomic mass is 9.82. The number of hydrogen-bond acceptors (Lipinski definition) is 4. The quantitative estimate of drug-likeness (QED) is 0.494. The molecular formula is C27H26FNO4. The Hall–Kier alpha value is -3.41. The maximum atomic E-state index is 14.1. The van der Waals surface area contributed by atoms with Crippen LogP contribution in [0.4, 0.5) is 4.39 Å². The second kappa shape index (κ2) is 8.50. The minimum absolute atomic E-state index is 0.000204. The molecule has 5 nitrogen and oxygen atoms in total. The molecule has 2 N–H and O–H groups in total. The Bertz CT molecular complexity index is 1190. The Morgan fingerprint density at radius 3 is 2.64 bits per heavy atom. The van der Waals surface area contributed by atoms with Crippen LogP contribution in [-0.4, -0.2) is 21.2 Å². The van der Waals surface area contributed by atoms with Crippen molar-refractivity contribution < 1.29 is 24.1 Å². The molecule has 1 aliphatic carbocycles. The van der Waals surface area contributed by atoms with Gasteiger partial charge in [0.15, 0.2) is 0 Å². The van der Waals surface area contributed by atoms with Crippen molar-refractivity contribution in [3.05, 3.63) is 77.4 Å². The van der Waals surface area contributed by atoms with E-state index in [2.05, 4.69) is 17.1 Å². The van der Waals surface area contributed by atoms with E-state index >= 15 is 0 Å². The number of ether oxygens (including phenoxy) is 1. The number of carboxylic acids is 1. The fourth-order valence-corrected chi connectivity index (χ4v) is 4.87. The van der Waals surface area contributed by atoms with Crippen molar-refractivity contribution in [3.63, 3.8) is 0 Å². The van der Waals surface area contributed by atoms with Gasteiger partial charge in [-0.05, 0) is 79.0 Å². The van der Waals surface area contributed by atoms with Crippen LogP contribution in [0.15, 0.2) is 54.7 Å². The Kier molecular flexibility index (Phi) is 5.52. The van der Waals surface area contributed by atoms with E-state index in [0.717, 1.165) is 48.3 Å². The number of carboxylic acid groups (broad SMARTS) is 1. The highest BCUT2D eigenvalue weighted by molar-refractivity contribution is 5.71. The zero-order chi connectivity index (χ0) is 23.1. The molecule has 0 saturated heterocycles. The maximum Gasteiger partial charge on any atom is 0.306 e. The highest BCUT2D eigenvalue weighted by atomic mass is 19.1. The fraction of sp³-hybridized carbons (Fsp3) is 0.333. The van der Waals surface area contributed by atoms with Gasteiger partial charge >= 0.3 is 5.97 Å². The van der Waals surface area contributed by atoms with Gasteiger partial charge in [-0.3, -0.25) is 9.78 Å². The highest BCUT2D eigenvalue weighted by Crippen LogP contribution is 2.48. The van der Waals surface area contributed by atoms with Crippen LogP contribution in [-0.2, 0) is 11.2 Å². The first kappa shape index (κ1) is 21.4. The van der Waals surface area contributed by atoms with Crippen molar-refractivity contribution in [1.82, 2.24) is 4.98 Å². The van der Waals surface area contributed by atoms with E-state index in [0.29, 0.717) is 17.0 Å². The molecule has 2 aromatic carbocycles. The summed E-state index contributed by atoms with van der Waals surface area (Å²) in [6.45, 7) is 1.79. The van der Waals surface area contributed by atoms with Crippen LogP contribution < -0.4 is 4.74 Å². The molecule has 0 radical (unpaired) electrons. The fourth-order valence-electron chi connectivity index (χ4n) is 4.87. The zero-order valence-corrected chi connectivity index (χ0v) is 18.4. The number of nitrogens with zero attached hydrogens (tertiary/aromatic N) is 1. The molecule has 2 heterocycles. The molecule has 33 heavy (non-hydrogen) atoms. The Labute approximate surface area is 191 Å².